The Morgan fingerprint density at radius 3 is 2.83 bits per heavy atom. The van der Waals surface area contributed by atoms with Crippen molar-refractivity contribution in [2.45, 2.75) is 13.0 Å². The van der Waals surface area contributed by atoms with Crippen molar-refractivity contribution in [3.8, 4) is 6.07 Å². The highest BCUT2D eigenvalue weighted by Crippen LogP contribution is 2.11. The molecule has 0 amide bonds. The third-order valence-corrected chi connectivity index (χ3v) is 2.91. The maximum Gasteiger partial charge on any atom is 0.268 e. The number of benzene rings is 1. The molecule has 1 heterocycles. The molecule has 0 saturated heterocycles. The first-order chi connectivity index (χ1) is 8.70. The van der Waals surface area contributed by atoms with E-state index in [0.29, 0.717) is 18.0 Å². The second kappa shape index (κ2) is 5.52. The molecule has 0 unspecified atom stereocenters. The number of nitrogens with zero attached hydrogens (tertiary/aromatic N) is 2. The predicted octanol–water partition coefficient (Wildman–Crippen LogP) is 2.62. The molecule has 2 rings (SSSR count). The van der Waals surface area contributed by atoms with E-state index >= 15 is 0 Å². The Kier molecular flexibility index (Phi) is 3.81. The van der Waals surface area contributed by atoms with Crippen molar-refractivity contribution in [3.63, 3.8) is 0 Å². The van der Waals surface area contributed by atoms with E-state index in [0.717, 1.165) is 5.56 Å². The van der Waals surface area contributed by atoms with Gasteiger partial charge in [0.05, 0.1) is 0 Å². The number of aryl methyl sites for hydroxylation is 2. The van der Waals surface area contributed by atoms with Crippen LogP contribution in [0, 0.1) is 11.3 Å². The normalized spacial score (nSPS) is 10.0. The highest BCUT2D eigenvalue weighted by atomic mass is 35.5. The quantitative estimate of drug-likeness (QED) is 0.850. The minimum Gasteiger partial charge on any atom is -0.314 e. The molecule has 3 nitrogen and oxygen atoms in total. The molecule has 0 saturated carbocycles. The zero-order chi connectivity index (χ0) is 13.0. The second-order valence-electron chi connectivity index (χ2n) is 3.91. The van der Waals surface area contributed by atoms with Crippen LogP contribution in [0.3, 0.4) is 0 Å². The highest BCUT2D eigenvalue weighted by molar-refractivity contribution is 6.30. The van der Waals surface area contributed by atoms with Gasteiger partial charge in [0.25, 0.3) is 5.56 Å². The summed E-state index contributed by atoms with van der Waals surface area (Å²) in [6.07, 6.45) is 2.39. The molecule has 0 aliphatic rings. The summed E-state index contributed by atoms with van der Waals surface area (Å²) in [6.45, 7) is 0.536. The molecule has 0 spiro atoms. The number of rotatable bonds is 3. The van der Waals surface area contributed by atoms with Crippen molar-refractivity contribution in [2.24, 2.45) is 0 Å². The zero-order valence-corrected chi connectivity index (χ0v) is 10.4. The fourth-order valence-electron chi connectivity index (χ4n) is 1.74. The van der Waals surface area contributed by atoms with Gasteiger partial charge in [-0.15, -0.1) is 0 Å². The van der Waals surface area contributed by atoms with E-state index in [1.165, 1.54) is 6.07 Å². The van der Waals surface area contributed by atoms with Crippen LogP contribution in [0.25, 0.3) is 0 Å². The minimum atomic E-state index is -0.248. The first-order valence-electron chi connectivity index (χ1n) is 5.55. The summed E-state index contributed by atoms with van der Waals surface area (Å²) in [5.41, 5.74) is 0.988. The third-order valence-electron chi connectivity index (χ3n) is 2.67. The minimum absolute atomic E-state index is 0.170. The Morgan fingerprint density at radius 2 is 2.11 bits per heavy atom. The lowest BCUT2D eigenvalue weighted by atomic mass is 10.1. The maximum atomic E-state index is 11.8. The van der Waals surface area contributed by atoms with Crippen LogP contribution in [0.4, 0.5) is 0 Å². The van der Waals surface area contributed by atoms with E-state index in [1.54, 1.807) is 16.8 Å². The smallest absolute Gasteiger partial charge is 0.268 e. The molecule has 18 heavy (non-hydrogen) atoms. The lowest BCUT2D eigenvalue weighted by Crippen LogP contribution is -2.22. The first kappa shape index (κ1) is 12.4. The predicted molar refractivity (Wildman–Crippen MR) is 70.6 cm³/mol. The van der Waals surface area contributed by atoms with Crippen LogP contribution < -0.4 is 5.56 Å². The van der Waals surface area contributed by atoms with Crippen molar-refractivity contribution in [2.75, 3.05) is 0 Å². The van der Waals surface area contributed by atoms with Gasteiger partial charge in [-0.2, -0.15) is 5.26 Å². The fraction of sp³-hybridized carbons (Fsp3) is 0.143. The molecular weight excluding hydrogens is 248 g/mol. The Balaban J connectivity index is 2.17. The van der Waals surface area contributed by atoms with Gasteiger partial charge in [0.2, 0.25) is 0 Å². The molecule has 1 aromatic heterocycles. The topological polar surface area (TPSA) is 45.8 Å². The first-order valence-corrected chi connectivity index (χ1v) is 5.92. The van der Waals surface area contributed by atoms with Gasteiger partial charge in [-0.25, -0.2) is 0 Å². The number of hydrogen-bond acceptors (Lipinski definition) is 2. The Bertz CT molecular complexity index is 655. The number of halogens is 1. The molecule has 4 heteroatoms. The van der Waals surface area contributed by atoms with Gasteiger partial charge >= 0.3 is 0 Å². The van der Waals surface area contributed by atoms with Gasteiger partial charge < -0.3 is 4.57 Å². The summed E-state index contributed by atoms with van der Waals surface area (Å²) in [6, 6.07) is 12.7. The van der Waals surface area contributed by atoms with Crippen LogP contribution in [0.5, 0.6) is 0 Å². The lowest BCUT2D eigenvalue weighted by Gasteiger charge is -2.06. The van der Waals surface area contributed by atoms with Crippen molar-refractivity contribution in [1.29, 1.82) is 5.26 Å². The summed E-state index contributed by atoms with van der Waals surface area (Å²) in [5, 5.41) is 9.47. The second-order valence-corrected chi connectivity index (χ2v) is 4.35. The lowest BCUT2D eigenvalue weighted by molar-refractivity contribution is 0.668. The van der Waals surface area contributed by atoms with Crippen molar-refractivity contribution < 1.29 is 0 Å². The molecule has 0 aliphatic carbocycles. The molecule has 0 bridgehead atoms. The Labute approximate surface area is 110 Å². The van der Waals surface area contributed by atoms with E-state index in [4.69, 9.17) is 16.9 Å². The van der Waals surface area contributed by atoms with Gasteiger partial charge in [-0.1, -0.05) is 23.7 Å². The average molecular weight is 259 g/mol. The number of aromatic nitrogens is 1. The van der Waals surface area contributed by atoms with E-state index in [2.05, 4.69) is 0 Å². The molecule has 0 N–H and O–H groups in total. The van der Waals surface area contributed by atoms with Gasteiger partial charge in [-0.3, -0.25) is 4.79 Å². The Hall–Kier alpha value is -2.05. The zero-order valence-electron chi connectivity index (χ0n) is 9.64. The maximum absolute atomic E-state index is 11.8. The Morgan fingerprint density at radius 1 is 1.28 bits per heavy atom. The van der Waals surface area contributed by atoms with Crippen LogP contribution in [0.15, 0.2) is 47.4 Å². The number of hydrogen-bond donors (Lipinski definition) is 0. The monoisotopic (exact) mass is 258 g/mol. The summed E-state index contributed by atoms with van der Waals surface area (Å²) in [5.74, 6) is 0. The van der Waals surface area contributed by atoms with E-state index in [-0.39, 0.29) is 11.1 Å². The molecule has 0 atom stereocenters. The fourth-order valence-corrected chi connectivity index (χ4v) is 1.95. The van der Waals surface area contributed by atoms with Gasteiger partial charge in [0, 0.05) is 17.8 Å². The molecule has 2 aromatic rings. The molecule has 90 valence electrons. The summed E-state index contributed by atoms with van der Waals surface area (Å²) < 4.78 is 1.54. The van der Waals surface area contributed by atoms with E-state index in [9.17, 15) is 4.79 Å². The molecule has 1 aromatic carbocycles. The van der Waals surface area contributed by atoms with E-state index < -0.39 is 0 Å². The summed E-state index contributed by atoms with van der Waals surface area (Å²) in [4.78, 5) is 11.8. The van der Waals surface area contributed by atoms with Crippen LogP contribution in [-0.2, 0) is 13.0 Å². The van der Waals surface area contributed by atoms with Crippen molar-refractivity contribution in [3.05, 3.63) is 69.1 Å². The summed E-state index contributed by atoms with van der Waals surface area (Å²) in [7, 11) is 0. The van der Waals surface area contributed by atoms with Crippen molar-refractivity contribution in [1.82, 2.24) is 4.57 Å². The van der Waals surface area contributed by atoms with Crippen LogP contribution in [0.1, 0.15) is 11.1 Å². The third kappa shape index (κ3) is 2.79. The number of nitriles is 1. The largest absolute Gasteiger partial charge is 0.314 e. The number of pyridine rings is 1. The highest BCUT2D eigenvalue weighted by Gasteiger charge is 2.02. The SMILES string of the molecule is N#Cc1cccn(CCc2cccc(Cl)c2)c1=O. The average Bonchev–Trinajstić information content (AvgIpc) is 2.38. The van der Waals surface area contributed by atoms with Crippen molar-refractivity contribution >= 4 is 11.6 Å². The van der Waals surface area contributed by atoms with E-state index in [1.807, 2.05) is 30.3 Å². The van der Waals surface area contributed by atoms with Crippen LogP contribution >= 0.6 is 11.6 Å². The van der Waals surface area contributed by atoms with Gasteiger partial charge in [0.15, 0.2) is 0 Å². The van der Waals surface area contributed by atoms with Crippen LogP contribution in [0.2, 0.25) is 5.02 Å². The van der Waals surface area contributed by atoms with Gasteiger partial charge in [0.1, 0.15) is 11.6 Å². The standard InChI is InChI=1S/C14H11ClN2O/c15-13-5-1-3-11(9-13)6-8-17-7-2-4-12(10-16)14(17)18/h1-5,7,9H,6,8H2. The molecule has 0 radical (unpaired) electrons. The van der Waals surface area contributed by atoms with Crippen LogP contribution in [-0.4, -0.2) is 4.57 Å². The van der Waals surface area contributed by atoms with Gasteiger partial charge in [-0.05, 0) is 36.2 Å². The molecular formula is C14H11ClN2O. The summed E-state index contributed by atoms with van der Waals surface area (Å²) >= 11 is 5.89. The molecule has 0 aliphatic heterocycles. The molecule has 0 fully saturated rings.